The SMILES string of the molecule is CCCCCCCC(=O)OCC(CO)(CO)COCC(CO)(COC(=O)CCCCCCC)COC(=O)CCCCCCC. The molecular weight excluding hydrogens is 568 g/mol. The first kappa shape index (κ1) is 42.2. The number of aliphatic hydroxyl groups is 3. The van der Waals surface area contributed by atoms with Gasteiger partial charge in [0.05, 0.1) is 43.9 Å². The number of ether oxygens (including phenoxy) is 4. The summed E-state index contributed by atoms with van der Waals surface area (Å²) in [6, 6.07) is 0. The monoisotopic (exact) mass is 632 g/mol. The Morgan fingerprint density at radius 2 is 0.727 bits per heavy atom. The first-order valence-corrected chi connectivity index (χ1v) is 17.1. The highest BCUT2D eigenvalue weighted by Gasteiger charge is 2.37. The molecule has 0 spiro atoms. The maximum atomic E-state index is 12.4. The zero-order chi connectivity index (χ0) is 32.9. The van der Waals surface area contributed by atoms with Gasteiger partial charge in [0.15, 0.2) is 0 Å². The van der Waals surface area contributed by atoms with Crippen LogP contribution >= 0.6 is 0 Å². The smallest absolute Gasteiger partial charge is 0.305 e. The third-order valence-electron chi connectivity index (χ3n) is 7.89. The lowest BCUT2D eigenvalue weighted by molar-refractivity contribution is -0.165. The minimum absolute atomic E-state index is 0.176. The molecule has 0 aliphatic heterocycles. The topological polar surface area (TPSA) is 149 Å². The van der Waals surface area contributed by atoms with E-state index in [1.165, 1.54) is 0 Å². The van der Waals surface area contributed by atoms with Crippen LogP contribution in [-0.4, -0.2) is 86.1 Å². The van der Waals surface area contributed by atoms with Gasteiger partial charge in [0, 0.05) is 19.3 Å². The quantitative estimate of drug-likeness (QED) is 0.0496. The van der Waals surface area contributed by atoms with Crippen LogP contribution in [0.3, 0.4) is 0 Å². The van der Waals surface area contributed by atoms with Crippen LogP contribution in [0, 0.1) is 10.8 Å². The van der Waals surface area contributed by atoms with Crippen LogP contribution < -0.4 is 0 Å². The van der Waals surface area contributed by atoms with Crippen LogP contribution in [-0.2, 0) is 33.3 Å². The minimum atomic E-state index is -1.26. The normalized spacial score (nSPS) is 11.9. The summed E-state index contributed by atoms with van der Waals surface area (Å²) in [5, 5.41) is 30.5. The van der Waals surface area contributed by atoms with Crippen molar-refractivity contribution in [3.8, 4) is 0 Å². The summed E-state index contributed by atoms with van der Waals surface area (Å²) in [7, 11) is 0. The van der Waals surface area contributed by atoms with Gasteiger partial charge in [-0.3, -0.25) is 14.4 Å². The molecule has 0 unspecified atom stereocenters. The predicted molar refractivity (Wildman–Crippen MR) is 170 cm³/mol. The Hall–Kier alpha value is -1.75. The Morgan fingerprint density at radius 1 is 0.432 bits per heavy atom. The van der Waals surface area contributed by atoms with Crippen molar-refractivity contribution in [3.05, 3.63) is 0 Å². The zero-order valence-corrected chi connectivity index (χ0v) is 28.1. The summed E-state index contributed by atoms with van der Waals surface area (Å²) in [5.74, 6) is -1.20. The van der Waals surface area contributed by atoms with Gasteiger partial charge in [-0.25, -0.2) is 0 Å². The molecule has 0 aromatic carbocycles. The summed E-state index contributed by atoms with van der Waals surface area (Å²) in [4.78, 5) is 37.1. The van der Waals surface area contributed by atoms with Crippen molar-refractivity contribution in [3.63, 3.8) is 0 Å². The lowest BCUT2D eigenvalue weighted by Gasteiger charge is -2.34. The zero-order valence-electron chi connectivity index (χ0n) is 28.1. The van der Waals surface area contributed by atoms with Gasteiger partial charge in [-0.05, 0) is 19.3 Å². The highest BCUT2D eigenvalue weighted by molar-refractivity contribution is 5.70. The fraction of sp³-hybridized carbons (Fsp3) is 0.912. The van der Waals surface area contributed by atoms with E-state index in [9.17, 15) is 29.7 Å². The maximum absolute atomic E-state index is 12.4. The molecule has 0 rings (SSSR count). The van der Waals surface area contributed by atoms with Crippen LogP contribution in [0.4, 0.5) is 0 Å². The number of hydrogen-bond donors (Lipinski definition) is 3. The van der Waals surface area contributed by atoms with Crippen molar-refractivity contribution in [2.45, 2.75) is 136 Å². The highest BCUT2D eigenvalue weighted by Crippen LogP contribution is 2.24. The van der Waals surface area contributed by atoms with E-state index in [1.807, 2.05) is 0 Å². The van der Waals surface area contributed by atoms with Crippen molar-refractivity contribution in [1.29, 1.82) is 0 Å². The van der Waals surface area contributed by atoms with E-state index in [1.54, 1.807) is 0 Å². The lowest BCUT2D eigenvalue weighted by atomic mass is 9.90. The Kier molecular flexibility index (Phi) is 26.5. The molecule has 0 bridgehead atoms. The Balaban J connectivity index is 5.15. The molecule has 0 saturated carbocycles. The van der Waals surface area contributed by atoms with Crippen molar-refractivity contribution in [2.24, 2.45) is 10.8 Å². The average Bonchev–Trinajstić information content (AvgIpc) is 3.03. The molecule has 0 atom stereocenters. The first-order valence-electron chi connectivity index (χ1n) is 17.1. The fourth-order valence-corrected chi connectivity index (χ4v) is 4.56. The Labute approximate surface area is 266 Å². The van der Waals surface area contributed by atoms with E-state index in [0.29, 0.717) is 19.3 Å². The van der Waals surface area contributed by atoms with Crippen LogP contribution in [0.15, 0.2) is 0 Å². The van der Waals surface area contributed by atoms with Gasteiger partial charge in [-0.2, -0.15) is 0 Å². The average molecular weight is 633 g/mol. The van der Waals surface area contributed by atoms with E-state index in [-0.39, 0.29) is 52.3 Å². The second-order valence-corrected chi connectivity index (χ2v) is 12.4. The molecule has 0 aliphatic rings. The van der Waals surface area contributed by atoms with E-state index in [4.69, 9.17) is 18.9 Å². The number of carbonyl (C=O) groups is 3. The molecule has 0 aromatic rings. The molecule has 0 aromatic heterocycles. The van der Waals surface area contributed by atoms with Gasteiger partial charge >= 0.3 is 17.9 Å². The van der Waals surface area contributed by atoms with Gasteiger partial charge in [0.2, 0.25) is 0 Å². The van der Waals surface area contributed by atoms with Crippen molar-refractivity contribution < 1.29 is 48.7 Å². The molecule has 10 heteroatoms. The standard InChI is InChI=1S/C34H64O10/c1-4-7-10-13-16-19-30(38)42-27-33(22-35,23-36)25-41-26-34(24-37,28-43-31(39)20-17-14-11-8-5-2)29-44-32(40)21-18-15-12-9-6-3/h35-37H,4-29H2,1-3H3. The summed E-state index contributed by atoms with van der Waals surface area (Å²) in [6.07, 6.45) is 15.6. The fourth-order valence-electron chi connectivity index (χ4n) is 4.56. The van der Waals surface area contributed by atoms with Crippen LogP contribution in [0.25, 0.3) is 0 Å². The number of hydrogen-bond acceptors (Lipinski definition) is 10. The molecule has 44 heavy (non-hydrogen) atoms. The van der Waals surface area contributed by atoms with E-state index in [2.05, 4.69) is 20.8 Å². The summed E-state index contributed by atoms with van der Waals surface area (Å²) < 4.78 is 22.2. The van der Waals surface area contributed by atoms with E-state index in [0.717, 1.165) is 77.0 Å². The lowest BCUT2D eigenvalue weighted by Crippen LogP contribution is -2.45. The van der Waals surface area contributed by atoms with E-state index < -0.39 is 48.6 Å². The van der Waals surface area contributed by atoms with Crippen LogP contribution in [0.2, 0.25) is 0 Å². The molecular formula is C34H64O10. The molecule has 0 aliphatic carbocycles. The molecule has 0 heterocycles. The number of rotatable bonds is 31. The number of aliphatic hydroxyl groups excluding tert-OH is 3. The third kappa shape index (κ3) is 21.1. The first-order chi connectivity index (χ1) is 21.3. The molecule has 10 nitrogen and oxygen atoms in total. The third-order valence-corrected chi connectivity index (χ3v) is 7.89. The van der Waals surface area contributed by atoms with Gasteiger partial charge in [-0.15, -0.1) is 0 Å². The summed E-state index contributed by atoms with van der Waals surface area (Å²) in [6.45, 7) is 3.83. The van der Waals surface area contributed by atoms with Crippen LogP contribution in [0.1, 0.15) is 136 Å². The largest absolute Gasteiger partial charge is 0.465 e. The van der Waals surface area contributed by atoms with Gasteiger partial charge in [0.25, 0.3) is 0 Å². The Bertz CT molecular complexity index is 693. The molecule has 260 valence electrons. The molecule has 0 radical (unpaired) electrons. The molecule has 0 fully saturated rings. The van der Waals surface area contributed by atoms with Gasteiger partial charge < -0.3 is 34.3 Å². The summed E-state index contributed by atoms with van der Waals surface area (Å²) >= 11 is 0. The van der Waals surface area contributed by atoms with Gasteiger partial charge in [-0.1, -0.05) is 97.8 Å². The van der Waals surface area contributed by atoms with E-state index >= 15 is 0 Å². The maximum Gasteiger partial charge on any atom is 0.305 e. The second kappa shape index (κ2) is 27.6. The number of esters is 3. The highest BCUT2D eigenvalue weighted by atomic mass is 16.6. The van der Waals surface area contributed by atoms with Crippen molar-refractivity contribution in [1.82, 2.24) is 0 Å². The van der Waals surface area contributed by atoms with Crippen molar-refractivity contribution >= 4 is 17.9 Å². The number of carbonyl (C=O) groups excluding carboxylic acids is 3. The number of unbranched alkanes of at least 4 members (excludes halogenated alkanes) is 12. The van der Waals surface area contributed by atoms with Gasteiger partial charge in [0.1, 0.15) is 19.8 Å². The molecule has 0 saturated heterocycles. The summed E-state index contributed by atoms with van der Waals surface area (Å²) in [5.41, 5.74) is -2.50. The van der Waals surface area contributed by atoms with Crippen LogP contribution in [0.5, 0.6) is 0 Å². The minimum Gasteiger partial charge on any atom is -0.465 e. The predicted octanol–water partition coefficient (Wildman–Crippen LogP) is 5.66. The molecule has 0 amide bonds. The molecule has 3 N–H and O–H groups in total. The second-order valence-electron chi connectivity index (χ2n) is 12.4. The Morgan fingerprint density at radius 3 is 1.05 bits per heavy atom. The van der Waals surface area contributed by atoms with Crippen molar-refractivity contribution in [2.75, 3.05) is 52.9 Å².